The zero-order valence-corrected chi connectivity index (χ0v) is 9.23. The van der Waals surface area contributed by atoms with Gasteiger partial charge in [-0.25, -0.2) is 0 Å². The molecule has 2 nitrogen and oxygen atoms in total. The standard InChI is InChI=1S/C10H11ClF3NO/c1-9(16,5-15)7-4-6(10(12,13)14)2-3-8(7)11/h2-4,16H,5,15H2,1H3. The number of hydrogen-bond donors (Lipinski definition) is 2. The van der Waals surface area contributed by atoms with Crippen LogP contribution in [0.3, 0.4) is 0 Å². The van der Waals surface area contributed by atoms with Crippen molar-refractivity contribution in [2.45, 2.75) is 18.7 Å². The molecule has 0 saturated heterocycles. The lowest BCUT2D eigenvalue weighted by molar-refractivity contribution is -0.137. The molecular formula is C10H11ClF3NO. The van der Waals surface area contributed by atoms with E-state index in [-0.39, 0.29) is 17.1 Å². The lowest BCUT2D eigenvalue weighted by Crippen LogP contribution is -2.32. The molecule has 0 fully saturated rings. The molecule has 0 aromatic heterocycles. The summed E-state index contributed by atoms with van der Waals surface area (Å²) in [6.45, 7) is 1.10. The van der Waals surface area contributed by atoms with Gasteiger partial charge in [-0.15, -0.1) is 0 Å². The van der Waals surface area contributed by atoms with Crippen molar-refractivity contribution in [3.8, 4) is 0 Å². The average molecular weight is 254 g/mol. The van der Waals surface area contributed by atoms with Gasteiger partial charge in [-0.3, -0.25) is 0 Å². The van der Waals surface area contributed by atoms with E-state index >= 15 is 0 Å². The molecule has 1 aromatic carbocycles. The van der Waals surface area contributed by atoms with Crippen LogP contribution in [0, 0.1) is 0 Å². The molecule has 1 aromatic rings. The summed E-state index contributed by atoms with van der Waals surface area (Å²) in [5.74, 6) is 0. The largest absolute Gasteiger partial charge is 0.416 e. The van der Waals surface area contributed by atoms with Gasteiger partial charge in [-0.2, -0.15) is 13.2 Å². The zero-order valence-electron chi connectivity index (χ0n) is 8.48. The monoisotopic (exact) mass is 253 g/mol. The molecule has 1 rings (SSSR count). The highest BCUT2D eigenvalue weighted by Gasteiger charge is 2.33. The van der Waals surface area contributed by atoms with Crippen LogP contribution >= 0.6 is 11.6 Å². The maximum Gasteiger partial charge on any atom is 0.416 e. The van der Waals surface area contributed by atoms with Gasteiger partial charge in [0.25, 0.3) is 0 Å². The van der Waals surface area contributed by atoms with Gasteiger partial charge in [0.2, 0.25) is 0 Å². The number of benzene rings is 1. The lowest BCUT2D eigenvalue weighted by atomic mass is 9.94. The van der Waals surface area contributed by atoms with Crippen molar-refractivity contribution >= 4 is 11.6 Å². The highest BCUT2D eigenvalue weighted by atomic mass is 35.5. The Labute approximate surface area is 95.8 Å². The molecule has 1 unspecified atom stereocenters. The predicted molar refractivity (Wildman–Crippen MR) is 55.1 cm³/mol. The molecule has 16 heavy (non-hydrogen) atoms. The van der Waals surface area contributed by atoms with Gasteiger partial charge in [0.05, 0.1) is 5.56 Å². The summed E-state index contributed by atoms with van der Waals surface area (Å²) in [7, 11) is 0. The van der Waals surface area contributed by atoms with Crippen LogP contribution in [0.25, 0.3) is 0 Å². The fraction of sp³-hybridized carbons (Fsp3) is 0.400. The molecule has 0 radical (unpaired) electrons. The second kappa shape index (κ2) is 4.24. The Morgan fingerprint density at radius 2 is 1.94 bits per heavy atom. The molecule has 0 bridgehead atoms. The summed E-state index contributed by atoms with van der Waals surface area (Å²) >= 11 is 5.73. The molecule has 0 spiro atoms. The molecule has 0 heterocycles. The van der Waals surface area contributed by atoms with Crippen molar-refractivity contribution in [3.63, 3.8) is 0 Å². The van der Waals surface area contributed by atoms with Gasteiger partial charge < -0.3 is 10.8 Å². The number of halogens is 4. The molecule has 1 atom stereocenters. The van der Waals surface area contributed by atoms with Crippen molar-refractivity contribution in [2.24, 2.45) is 5.73 Å². The fourth-order valence-corrected chi connectivity index (χ4v) is 1.55. The third-order valence-corrected chi connectivity index (χ3v) is 2.60. The number of alkyl halides is 3. The van der Waals surface area contributed by atoms with E-state index < -0.39 is 17.3 Å². The summed E-state index contributed by atoms with van der Waals surface area (Å²) < 4.78 is 37.3. The Balaban J connectivity index is 3.30. The topological polar surface area (TPSA) is 46.2 Å². The molecule has 0 aliphatic carbocycles. The van der Waals surface area contributed by atoms with Gasteiger partial charge in [-0.05, 0) is 25.1 Å². The van der Waals surface area contributed by atoms with Crippen molar-refractivity contribution in [3.05, 3.63) is 34.3 Å². The van der Waals surface area contributed by atoms with Gasteiger partial charge in [0, 0.05) is 17.1 Å². The number of nitrogens with two attached hydrogens (primary N) is 1. The van der Waals surface area contributed by atoms with E-state index in [0.717, 1.165) is 18.2 Å². The maximum absolute atomic E-state index is 12.4. The molecule has 0 saturated carbocycles. The summed E-state index contributed by atoms with van der Waals surface area (Å²) in [6, 6.07) is 2.78. The number of aliphatic hydroxyl groups is 1. The van der Waals surface area contributed by atoms with Crippen molar-refractivity contribution < 1.29 is 18.3 Å². The van der Waals surface area contributed by atoms with E-state index in [9.17, 15) is 18.3 Å². The molecule has 3 N–H and O–H groups in total. The molecule has 90 valence electrons. The molecular weight excluding hydrogens is 243 g/mol. The Morgan fingerprint density at radius 1 is 1.38 bits per heavy atom. The molecule has 0 aliphatic heterocycles. The van der Waals surface area contributed by atoms with E-state index in [1.54, 1.807) is 0 Å². The van der Waals surface area contributed by atoms with E-state index in [1.165, 1.54) is 6.92 Å². The quantitative estimate of drug-likeness (QED) is 0.851. The summed E-state index contributed by atoms with van der Waals surface area (Å²) in [6.07, 6.45) is -4.47. The van der Waals surface area contributed by atoms with Crippen molar-refractivity contribution in [2.75, 3.05) is 6.54 Å². The van der Waals surface area contributed by atoms with Gasteiger partial charge >= 0.3 is 6.18 Å². The minimum atomic E-state index is -4.47. The average Bonchev–Trinajstić information content (AvgIpc) is 2.16. The third kappa shape index (κ3) is 2.66. The first-order chi connectivity index (χ1) is 7.18. The minimum absolute atomic E-state index is 0.0218. The molecule has 0 amide bonds. The Morgan fingerprint density at radius 3 is 2.38 bits per heavy atom. The van der Waals surface area contributed by atoms with Crippen LogP contribution in [0.2, 0.25) is 5.02 Å². The van der Waals surface area contributed by atoms with E-state index in [2.05, 4.69) is 0 Å². The summed E-state index contributed by atoms with van der Waals surface area (Å²) in [5.41, 5.74) is 2.82. The summed E-state index contributed by atoms with van der Waals surface area (Å²) in [4.78, 5) is 0. The number of rotatable bonds is 2. The second-order valence-corrected chi connectivity index (χ2v) is 4.08. The highest BCUT2D eigenvalue weighted by Crippen LogP contribution is 2.35. The lowest BCUT2D eigenvalue weighted by Gasteiger charge is -2.23. The van der Waals surface area contributed by atoms with Gasteiger partial charge in [0.15, 0.2) is 0 Å². The first-order valence-electron chi connectivity index (χ1n) is 4.48. The Hall–Kier alpha value is -0.780. The third-order valence-electron chi connectivity index (χ3n) is 2.27. The van der Waals surface area contributed by atoms with Crippen LogP contribution in [-0.4, -0.2) is 11.7 Å². The van der Waals surface area contributed by atoms with Crippen LogP contribution in [0.5, 0.6) is 0 Å². The maximum atomic E-state index is 12.4. The second-order valence-electron chi connectivity index (χ2n) is 3.67. The number of hydrogen-bond acceptors (Lipinski definition) is 2. The fourth-order valence-electron chi connectivity index (χ4n) is 1.22. The SMILES string of the molecule is CC(O)(CN)c1cc(C(F)(F)F)ccc1Cl. The van der Waals surface area contributed by atoms with Gasteiger partial charge in [0.1, 0.15) is 5.60 Å². The Kier molecular flexibility index (Phi) is 3.52. The zero-order chi connectivity index (χ0) is 12.6. The van der Waals surface area contributed by atoms with E-state index in [1.807, 2.05) is 0 Å². The van der Waals surface area contributed by atoms with E-state index in [4.69, 9.17) is 17.3 Å². The molecule has 6 heteroatoms. The van der Waals surface area contributed by atoms with Crippen molar-refractivity contribution in [1.82, 2.24) is 0 Å². The van der Waals surface area contributed by atoms with Gasteiger partial charge in [-0.1, -0.05) is 11.6 Å². The van der Waals surface area contributed by atoms with Crippen LogP contribution < -0.4 is 5.73 Å². The highest BCUT2D eigenvalue weighted by molar-refractivity contribution is 6.31. The smallest absolute Gasteiger partial charge is 0.384 e. The minimum Gasteiger partial charge on any atom is -0.384 e. The molecule has 0 aliphatic rings. The predicted octanol–water partition coefficient (Wildman–Crippen LogP) is 2.53. The summed E-state index contributed by atoms with van der Waals surface area (Å²) in [5, 5.41) is 9.85. The van der Waals surface area contributed by atoms with Crippen LogP contribution in [0.4, 0.5) is 13.2 Å². The van der Waals surface area contributed by atoms with Crippen LogP contribution in [0.15, 0.2) is 18.2 Å². The normalized spacial score (nSPS) is 15.9. The van der Waals surface area contributed by atoms with Crippen molar-refractivity contribution in [1.29, 1.82) is 0 Å². The van der Waals surface area contributed by atoms with Crippen LogP contribution in [0.1, 0.15) is 18.1 Å². The first kappa shape index (κ1) is 13.3. The first-order valence-corrected chi connectivity index (χ1v) is 4.86. The van der Waals surface area contributed by atoms with E-state index in [0.29, 0.717) is 0 Å². The Bertz CT molecular complexity index is 390. The van der Waals surface area contributed by atoms with Crippen LogP contribution in [-0.2, 0) is 11.8 Å².